The number of hydrogen-bond donors (Lipinski definition) is 0. The van der Waals surface area contributed by atoms with E-state index in [0.717, 1.165) is 51.4 Å². The van der Waals surface area contributed by atoms with Crippen molar-refractivity contribution >= 4 is 11.6 Å². The molecule has 72 valence electrons. The Kier molecular flexibility index (Phi) is 2.22. The zero-order chi connectivity index (χ0) is 9.31. The van der Waals surface area contributed by atoms with Gasteiger partial charge in [-0.2, -0.15) is 0 Å². The Morgan fingerprint density at radius 3 is 1.31 bits per heavy atom. The number of ketones is 2. The van der Waals surface area contributed by atoms with Gasteiger partial charge in [-0.25, -0.2) is 0 Å². The fourth-order valence-corrected chi connectivity index (χ4v) is 2.62. The first-order chi connectivity index (χ1) is 6.20. The Hall–Kier alpha value is -0.660. The Bertz CT molecular complexity index is 193. The van der Waals surface area contributed by atoms with Crippen molar-refractivity contribution in [2.45, 2.75) is 51.4 Å². The second kappa shape index (κ2) is 3.24. The SMILES string of the molecule is O=C1CCC2(CC1)CCC(=O)CC2. The summed E-state index contributed by atoms with van der Waals surface area (Å²) in [6, 6.07) is 0. The summed E-state index contributed by atoms with van der Waals surface area (Å²) in [7, 11) is 0. The Morgan fingerprint density at radius 1 is 0.692 bits per heavy atom. The lowest BCUT2D eigenvalue weighted by atomic mass is 9.65. The van der Waals surface area contributed by atoms with Crippen LogP contribution in [0.5, 0.6) is 0 Å². The van der Waals surface area contributed by atoms with E-state index in [1.165, 1.54) is 0 Å². The van der Waals surface area contributed by atoms with Crippen molar-refractivity contribution in [3.8, 4) is 0 Å². The molecule has 0 aliphatic heterocycles. The molecule has 1 spiro atoms. The van der Waals surface area contributed by atoms with Crippen LogP contribution in [0.25, 0.3) is 0 Å². The molecule has 0 atom stereocenters. The lowest BCUT2D eigenvalue weighted by molar-refractivity contribution is -0.126. The van der Waals surface area contributed by atoms with Crippen LogP contribution in [0.4, 0.5) is 0 Å². The number of Topliss-reactive ketones (excluding diaryl/α,β-unsaturated/α-hetero) is 2. The maximum atomic E-state index is 11.1. The summed E-state index contributed by atoms with van der Waals surface area (Å²) >= 11 is 0. The summed E-state index contributed by atoms with van der Waals surface area (Å²) in [6.45, 7) is 0. The molecule has 0 heterocycles. The van der Waals surface area contributed by atoms with Crippen LogP contribution in [0, 0.1) is 5.41 Å². The standard InChI is InChI=1S/C11H16O2/c12-9-1-5-11(6-2-9)7-3-10(13)4-8-11/h1-8H2. The van der Waals surface area contributed by atoms with Gasteiger partial charge in [0.25, 0.3) is 0 Å². The maximum Gasteiger partial charge on any atom is 0.132 e. The van der Waals surface area contributed by atoms with E-state index in [1.54, 1.807) is 0 Å². The number of rotatable bonds is 0. The first-order valence-corrected chi connectivity index (χ1v) is 5.24. The molecule has 2 heteroatoms. The molecule has 0 amide bonds. The van der Waals surface area contributed by atoms with Gasteiger partial charge in [0.05, 0.1) is 0 Å². The van der Waals surface area contributed by atoms with Gasteiger partial charge in [0.15, 0.2) is 0 Å². The molecule has 0 aromatic carbocycles. The molecule has 0 unspecified atom stereocenters. The second-order valence-corrected chi connectivity index (χ2v) is 4.58. The summed E-state index contributed by atoms with van der Waals surface area (Å²) in [5.74, 6) is 0.838. The first-order valence-electron chi connectivity index (χ1n) is 5.24. The molecular formula is C11H16O2. The van der Waals surface area contributed by atoms with E-state index in [2.05, 4.69) is 0 Å². The van der Waals surface area contributed by atoms with E-state index in [9.17, 15) is 9.59 Å². The predicted molar refractivity (Wildman–Crippen MR) is 49.4 cm³/mol. The highest BCUT2D eigenvalue weighted by Gasteiger charge is 2.37. The first kappa shape index (κ1) is 8.92. The molecule has 0 aromatic heterocycles. The van der Waals surface area contributed by atoms with E-state index in [-0.39, 0.29) is 0 Å². The smallest absolute Gasteiger partial charge is 0.132 e. The van der Waals surface area contributed by atoms with Crippen LogP contribution in [0.15, 0.2) is 0 Å². The third kappa shape index (κ3) is 1.82. The fourth-order valence-electron chi connectivity index (χ4n) is 2.62. The molecule has 0 radical (unpaired) electrons. The Morgan fingerprint density at radius 2 is 1.00 bits per heavy atom. The number of carbonyl (C=O) groups is 2. The van der Waals surface area contributed by atoms with Gasteiger partial charge in [-0.15, -0.1) is 0 Å². The normalized spacial score (nSPS) is 28.0. The predicted octanol–water partition coefficient (Wildman–Crippen LogP) is 2.26. The number of hydrogen-bond acceptors (Lipinski definition) is 2. The molecule has 2 rings (SSSR count). The molecule has 2 nitrogen and oxygen atoms in total. The molecular weight excluding hydrogens is 164 g/mol. The van der Waals surface area contributed by atoms with Crippen molar-refractivity contribution in [2.75, 3.05) is 0 Å². The topological polar surface area (TPSA) is 34.1 Å². The molecule has 0 bridgehead atoms. The molecule has 2 fully saturated rings. The van der Waals surface area contributed by atoms with Crippen LogP contribution in [0.3, 0.4) is 0 Å². The van der Waals surface area contributed by atoms with Crippen molar-refractivity contribution in [3.63, 3.8) is 0 Å². The van der Waals surface area contributed by atoms with Crippen LogP contribution in [0.2, 0.25) is 0 Å². The highest BCUT2D eigenvalue weighted by molar-refractivity contribution is 5.81. The van der Waals surface area contributed by atoms with E-state index < -0.39 is 0 Å². The van der Waals surface area contributed by atoms with Crippen LogP contribution in [-0.4, -0.2) is 11.6 Å². The van der Waals surface area contributed by atoms with Crippen LogP contribution in [-0.2, 0) is 9.59 Å². The minimum Gasteiger partial charge on any atom is -0.300 e. The minimum absolute atomic E-state index is 0.377. The van der Waals surface area contributed by atoms with Crippen molar-refractivity contribution < 1.29 is 9.59 Å². The fraction of sp³-hybridized carbons (Fsp3) is 0.818. The Labute approximate surface area is 78.7 Å². The lowest BCUT2D eigenvalue weighted by Crippen LogP contribution is -2.32. The van der Waals surface area contributed by atoms with E-state index in [0.29, 0.717) is 17.0 Å². The van der Waals surface area contributed by atoms with Crippen LogP contribution in [0.1, 0.15) is 51.4 Å². The summed E-state index contributed by atoms with van der Waals surface area (Å²) in [5.41, 5.74) is 0.377. The largest absolute Gasteiger partial charge is 0.300 e. The third-order valence-corrected chi connectivity index (χ3v) is 3.74. The second-order valence-electron chi connectivity index (χ2n) is 4.58. The summed E-state index contributed by atoms with van der Waals surface area (Å²) in [4.78, 5) is 22.2. The van der Waals surface area contributed by atoms with Crippen molar-refractivity contribution in [3.05, 3.63) is 0 Å². The molecule has 2 aliphatic rings. The summed E-state index contributed by atoms with van der Waals surface area (Å²) in [5, 5.41) is 0. The zero-order valence-corrected chi connectivity index (χ0v) is 7.97. The molecule has 2 saturated carbocycles. The molecule has 0 N–H and O–H groups in total. The molecule has 13 heavy (non-hydrogen) atoms. The van der Waals surface area contributed by atoms with Gasteiger partial charge in [0.1, 0.15) is 11.6 Å². The molecule has 2 aliphatic carbocycles. The summed E-state index contributed by atoms with van der Waals surface area (Å²) in [6.07, 6.45) is 7.20. The third-order valence-electron chi connectivity index (χ3n) is 3.74. The number of carbonyl (C=O) groups excluding carboxylic acids is 2. The van der Waals surface area contributed by atoms with Crippen molar-refractivity contribution in [1.82, 2.24) is 0 Å². The average Bonchev–Trinajstić information content (AvgIpc) is 2.16. The highest BCUT2D eigenvalue weighted by Crippen LogP contribution is 2.45. The monoisotopic (exact) mass is 180 g/mol. The van der Waals surface area contributed by atoms with Gasteiger partial charge in [-0.1, -0.05) is 0 Å². The Balaban J connectivity index is 1.98. The van der Waals surface area contributed by atoms with Gasteiger partial charge < -0.3 is 0 Å². The van der Waals surface area contributed by atoms with Gasteiger partial charge in [0, 0.05) is 25.7 Å². The maximum absolute atomic E-state index is 11.1. The van der Waals surface area contributed by atoms with Gasteiger partial charge in [-0.3, -0.25) is 9.59 Å². The average molecular weight is 180 g/mol. The molecule has 0 aromatic rings. The van der Waals surface area contributed by atoms with Gasteiger partial charge in [-0.05, 0) is 31.1 Å². The quantitative estimate of drug-likeness (QED) is 0.573. The zero-order valence-electron chi connectivity index (χ0n) is 7.97. The summed E-state index contributed by atoms with van der Waals surface area (Å²) < 4.78 is 0. The lowest BCUT2D eigenvalue weighted by Gasteiger charge is -2.39. The van der Waals surface area contributed by atoms with Crippen molar-refractivity contribution in [2.24, 2.45) is 5.41 Å². The van der Waals surface area contributed by atoms with Crippen molar-refractivity contribution in [1.29, 1.82) is 0 Å². The van der Waals surface area contributed by atoms with Gasteiger partial charge in [0.2, 0.25) is 0 Å². The van der Waals surface area contributed by atoms with E-state index >= 15 is 0 Å². The molecule has 0 saturated heterocycles. The van der Waals surface area contributed by atoms with Crippen LogP contribution < -0.4 is 0 Å². The van der Waals surface area contributed by atoms with E-state index in [4.69, 9.17) is 0 Å². The van der Waals surface area contributed by atoms with E-state index in [1.807, 2.05) is 0 Å². The van der Waals surface area contributed by atoms with Gasteiger partial charge >= 0.3 is 0 Å². The van der Waals surface area contributed by atoms with Crippen LogP contribution >= 0.6 is 0 Å². The highest BCUT2D eigenvalue weighted by atomic mass is 16.1. The minimum atomic E-state index is 0.377.